The third-order valence-electron chi connectivity index (χ3n) is 5.78. The highest BCUT2D eigenvalue weighted by atomic mass is 79.9. The predicted octanol–water partition coefficient (Wildman–Crippen LogP) is 4.29. The highest BCUT2D eigenvalue weighted by Gasteiger charge is 2.63. The zero-order valence-corrected chi connectivity index (χ0v) is 17.8. The first-order chi connectivity index (χ1) is 13.5. The fourth-order valence-corrected chi connectivity index (χ4v) is 5.53. The van der Waals surface area contributed by atoms with Gasteiger partial charge in [-0.25, -0.2) is 14.9 Å². The van der Waals surface area contributed by atoms with Crippen molar-refractivity contribution in [3.05, 3.63) is 62.5 Å². The SMILES string of the molecule is O=C1[C@@H]2[C@@H](c3ccc(Br)cc3)N3CCCN3[C@H]2C(=O)N1c1c(Cl)cccc1Cl. The van der Waals surface area contributed by atoms with Crippen LogP contribution in [0.15, 0.2) is 46.9 Å². The van der Waals surface area contributed by atoms with Crippen molar-refractivity contribution < 1.29 is 9.59 Å². The molecule has 2 amide bonds. The third kappa shape index (κ3) is 2.59. The number of carbonyl (C=O) groups is 2. The summed E-state index contributed by atoms with van der Waals surface area (Å²) in [5.41, 5.74) is 1.31. The molecular formula is C20H16BrCl2N3O2. The predicted molar refractivity (Wildman–Crippen MR) is 111 cm³/mol. The second-order valence-electron chi connectivity index (χ2n) is 7.23. The molecule has 0 N–H and O–H groups in total. The van der Waals surface area contributed by atoms with Gasteiger partial charge in [-0.2, -0.15) is 0 Å². The topological polar surface area (TPSA) is 43.9 Å². The zero-order chi connectivity index (χ0) is 19.6. The van der Waals surface area contributed by atoms with Gasteiger partial charge in [-0.3, -0.25) is 9.59 Å². The van der Waals surface area contributed by atoms with Gasteiger partial charge in [0.05, 0.1) is 27.7 Å². The Morgan fingerprint density at radius 3 is 2.11 bits per heavy atom. The van der Waals surface area contributed by atoms with E-state index in [1.807, 2.05) is 24.3 Å². The van der Waals surface area contributed by atoms with Crippen molar-refractivity contribution in [1.82, 2.24) is 10.0 Å². The van der Waals surface area contributed by atoms with Crippen LogP contribution in [0.1, 0.15) is 18.0 Å². The van der Waals surface area contributed by atoms with Gasteiger partial charge in [-0.15, -0.1) is 0 Å². The Kier molecular flexibility index (Phi) is 4.52. The summed E-state index contributed by atoms with van der Waals surface area (Å²) in [7, 11) is 0. The van der Waals surface area contributed by atoms with Crippen molar-refractivity contribution >= 4 is 56.6 Å². The number of imide groups is 1. The van der Waals surface area contributed by atoms with E-state index in [0.29, 0.717) is 10.0 Å². The van der Waals surface area contributed by atoms with Crippen molar-refractivity contribution in [3.63, 3.8) is 0 Å². The van der Waals surface area contributed by atoms with Crippen LogP contribution < -0.4 is 4.90 Å². The van der Waals surface area contributed by atoms with Crippen LogP contribution in [0.3, 0.4) is 0 Å². The summed E-state index contributed by atoms with van der Waals surface area (Å²) in [6.07, 6.45) is 0.963. The fraction of sp³-hybridized carbons (Fsp3) is 0.300. The van der Waals surface area contributed by atoms with Gasteiger partial charge in [0, 0.05) is 17.6 Å². The largest absolute Gasteiger partial charge is 0.274 e. The third-order valence-corrected chi connectivity index (χ3v) is 6.92. The number of fused-ring (bicyclic) bond motifs is 3. The van der Waals surface area contributed by atoms with Gasteiger partial charge in [0.25, 0.3) is 5.91 Å². The molecule has 28 heavy (non-hydrogen) atoms. The average Bonchev–Trinajstić information content (AvgIpc) is 3.30. The minimum absolute atomic E-state index is 0.177. The van der Waals surface area contributed by atoms with Crippen molar-refractivity contribution in [3.8, 4) is 0 Å². The summed E-state index contributed by atoms with van der Waals surface area (Å²) in [6.45, 7) is 1.60. The molecule has 8 heteroatoms. The molecule has 3 aliphatic heterocycles. The number of hydrogen-bond donors (Lipinski definition) is 0. The van der Waals surface area contributed by atoms with Crippen LogP contribution in [-0.2, 0) is 9.59 Å². The second-order valence-corrected chi connectivity index (χ2v) is 8.96. The molecule has 2 aromatic rings. The Balaban J connectivity index is 1.62. The maximum absolute atomic E-state index is 13.5. The minimum atomic E-state index is -0.518. The smallest absolute Gasteiger partial charge is 0.253 e. The van der Waals surface area contributed by atoms with Crippen LogP contribution in [0.5, 0.6) is 0 Å². The van der Waals surface area contributed by atoms with Crippen molar-refractivity contribution in [2.45, 2.75) is 18.5 Å². The Morgan fingerprint density at radius 2 is 1.46 bits per heavy atom. The summed E-state index contributed by atoms with van der Waals surface area (Å²) in [6, 6.07) is 12.2. The van der Waals surface area contributed by atoms with Crippen LogP contribution in [0.2, 0.25) is 10.0 Å². The van der Waals surface area contributed by atoms with E-state index in [1.54, 1.807) is 18.2 Å². The van der Waals surface area contributed by atoms with Gasteiger partial charge >= 0.3 is 0 Å². The van der Waals surface area contributed by atoms with E-state index in [4.69, 9.17) is 23.2 Å². The molecule has 5 nitrogen and oxygen atoms in total. The zero-order valence-electron chi connectivity index (χ0n) is 14.7. The molecule has 0 bridgehead atoms. The molecule has 0 aromatic heterocycles. The number of carbonyl (C=O) groups excluding carboxylic acids is 2. The summed E-state index contributed by atoms with van der Waals surface area (Å²) < 4.78 is 0.974. The number of halogens is 3. The van der Waals surface area contributed by atoms with Gasteiger partial charge in [-0.1, -0.05) is 57.3 Å². The second kappa shape index (κ2) is 6.82. The van der Waals surface area contributed by atoms with Crippen LogP contribution in [0.4, 0.5) is 5.69 Å². The molecule has 0 radical (unpaired) electrons. The highest BCUT2D eigenvalue weighted by Crippen LogP contribution is 2.50. The van der Waals surface area contributed by atoms with E-state index in [2.05, 4.69) is 25.9 Å². The lowest BCUT2D eigenvalue weighted by atomic mass is 9.90. The lowest BCUT2D eigenvalue weighted by molar-refractivity contribution is -0.126. The van der Waals surface area contributed by atoms with Crippen LogP contribution in [0, 0.1) is 5.92 Å². The lowest BCUT2D eigenvalue weighted by Gasteiger charge is -2.30. The molecular weight excluding hydrogens is 465 g/mol. The van der Waals surface area contributed by atoms with Gasteiger partial charge in [0.15, 0.2) is 0 Å². The van der Waals surface area contributed by atoms with Crippen molar-refractivity contribution in [1.29, 1.82) is 0 Å². The van der Waals surface area contributed by atoms with E-state index in [-0.39, 0.29) is 23.5 Å². The average molecular weight is 481 g/mol. The molecule has 0 saturated carbocycles. The Labute approximate surface area is 180 Å². The molecule has 3 fully saturated rings. The molecule has 0 spiro atoms. The van der Waals surface area contributed by atoms with E-state index in [1.165, 1.54) is 4.90 Å². The number of para-hydroxylation sites is 1. The summed E-state index contributed by atoms with van der Waals surface area (Å²) in [5.74, 6) is -0.981. The van der Waals surface area contributed by atoms with Gasteiger partial charge in [0.2, 0.25) is 5.91 Å². The first-order valence-corrected chi connectivity index (χ1v) is 10.6. The van der Waals surface area contributed by atoms with Gasteiger partial charge in [-0.05, 0) is 36.2 Å². The standard InChI is InChI=1S/C20H16BrCl2N3O2/c21-12-7-5-11(6-8-12)16-15-18(25-10-2-9-24(16)25)20(28)26(19(15)27)17-13(22)3-1-4-14(17)23/h1,3-8,15-16,18H,2,9-10H2/t15-,16-,18-/m1/s1. The molecule has 0 unspecified atom stereocenters. The highest BCUT2D eigenvalue weighted by molar-refractivity contribution is 9.10. The van der Waals surface area contributed by atoms with Crippen LogP contribution in [-0.4, -0.2) is 41.0 Å². The molecule has 5 rings (SSSR count). The first-order valence-electron chi connectivity index (χ1n) is 9.09. The number of amides is 2. The minimum Gasteiger partial charge on any atom is -0.274 e. The van der Waals surface area contributed by atoms with Gasteiger partial charge in [0.1, 0.15) is 6.04 Å². The van der Waals surface area contributed by atoms with E-state index in [9.17, 15) is 9.59 Å². The number of nitrogens with zero attached hydrogens (tertiary/aromatic N) is 3. The number of hydrazine groups is 1. The van der Waals surface area contributed by atoms with E-state index in [0.717, 1.165) is 29.5 Å². The quantitative estimate of drug-likeness (QED) is 0.601. The van der Waals surface area contributed by atoms with Gasteiger partial charge < -0.3 is 0 Å². The first kappa shape index (κ1) is 18.6. The number of hydrogen-bond acceptors (Lipinski definition) is 4. The van der Waals surface area contributed by atoms with Crippen molar-refractivity contribution in [2.75, 3.05) is 18.0 Å². The summed E-state index contributed by atoms with van der Waals surface area (Å²) in [5, 5.41) is 4.84. The normalized spacial score (nSPS) is 27.5. The molecule has 2 aromatic carbocycles. The van der Waals surface area contributed by atoms with Crippen molar-refractivity contribution in [2.24, 2.45) is 5.92 Å². The lowest BCUT2D eigenvalue weighted by Crippen LogP contribution is -2.44. The maximum atomic E-state index is 13.5. The molecule has 3 atom stereocenters. The number of rotatable bonds is 2. The summed E-state index contributed by atoms with van der Waals surface area (Å²) >= 11 is 16.1. The molecule has 0 aliphatic carbocycles. The Bertz CT molecular complexity index is 964. The molecule has 3 aliphatic rings. The number of anilines is 1. The monoisotopic (exact) mass is 479 g/mol. The Hall–Kier alpha value is -1.44. The van der Waals surface area contributed by atoms with Crippen LogP contribution in [0.25, 0.3) is 0 Å². The number of benzene rings is 2. The summed E-state index contributed by atoms with van der Waals surface area (Å²) in [4.78, 5) is 28.1. The maximum Gasteiger partial charge on any atom is 0.253 e. The molecule has 3 heterocycles. The van der Waals surface area contributed by atoms with E-state index < -0.39 is 12.0 Å². The fourth-order valence-electron chi connectivity index (χ4n) is 4.70. The van der Waals surface area contributed by atoms with Crippen LogP contribution >= 0.6 is 39.1 Å². The van der Waals surface area contributed by atoms with E-state index >= 15 is 0 Å². The Morgan fingerprint density at radius 1 is 0.857 bits per heavy atom. The molecule has 144 valence electrons. The molecule has 3 saturated heterocycles.